The molecule has 2 saturated heterocycles. The van der Waals surface area contributed by atoms with Crippen molar-refractivity contribution in [1.29, 1.82) is 0 Å². The van der Waals surface area contributed by atoms with Gasteiger partial charge < -0.3 is 15.2 Å². The van der Waals surface area contributed by atoms with Gasteiger partial charge in [0.05, 0.1) is 22.5 Å². The van der Waals surface area contributed by atoms with Crippen LogP contribution in [-0.2, 0) is 0 Å². The van der Waals surface area contributed by atoms with E-state index in [0.29, 0.717) is 22.2 Å². The van der Waals surface area contributed by atoms with Gasteiger partial charge in [-0.2, -0.15) is 5.10 Å². The lowest BCUT2D eigenvalue weighted by molar-refractivity contribution is 0.0868. The van der Waals surface area contributed by atoms with E-state index in [1.807, 2.05) is 39.1 Å². The van der Waals surface area contributed by atoms with E-state index in [0.717, 1.165) is 17.8 Å². The highest BCUT2D eigenvalue weighted by atomic mass is 32.1. The number of piperidine rings is 1. The quantitative estimate of drug-likeness (QED) is 0.659. The monoisotopic (exact) mass is 429 g/mol. The first-order chi connectivity index (χ1) is 14.3. The van der Waals surface area contributed by atoms with E-state index in [2.05, 4.69) is 20.6 Å². The molecule has 2 aliphatic heterocycles. The van der Waals surface area contributed by atoms with Crippen LogP contribution in [0.5, 0.6) is 10.9 Å². The summed E-state index contributed by atoms with van der Waals surface area (Å²) in [7, 11) is 0. The lowest BCUT2D eigenvalue weighted by Gasteiger charge is -2.36. The number of benzene rings is 1. The molecular weight excluding hydrogens is 405 g/mol. The summed E-state index contributed by atoms with van der Waals surface area (Å²) >= 11 is 1.28. The van der Waals surface area contributed by atoms with Crippen LogP contribution in [0.2, 0.25) is 0 Å². The van der Waals surface area contributed by atoms with Gasteiger partial charge in [0.15, 0.2) is 5.01 Å². The normalized spacial score (nSPS) is 30.5. The third-order valence-corrected chi connectivity index (χ3v) is 7.11. The molecule has 30 heavy (non-hydrogen) atoms. The Kier molecular flexibility index (Phi) is 4.55. The van der Waals surface area contributed by atoms with Crippen LogP contribution in [0.25, 0.3) is 16.3 Å². The Balaban J connectivity index is 1.33. The number of aromatic hydroxyl groups is 1. The minimum absolute atomic E-state index is 0.0254. The van der Waals surface area contributed by atoms with Crippen molar-refractivity contribution in [2.24, 2.45) is 5.92 Å². The van der Waals surface area contributed by atoms with Crippen molar-refractivity contribution in [2.45, 2.75) is 57.5 Å². The van der Waals surface area contributed by atoms with Crippen LogP contribution in [0.1, 0.15) is 32.4 Å². The third kappa shape index (κ3) is 3.26. The number of phenolic OH excluding ortho intramolecular Hbond substituents is 1. The largest absolute Gasteiger partial charge is 0.507 e. The summed E-state index contributed by atoms with van der Waals surface area (Å²) in [5.74, 6) is 0.0764. The average molecular weight is 430 g/mol. The van der Waals surface area contributed by atoms with Crippen molar-refractivity contribution in [3.05, 3.63) is 36.2 Å². The highest BCUT2D eigenvalue weighted by Crippen LogP contribution is 2.43. The molecule has 7 nitrogen and oxygen atoms in total. The highest BCUT2D eigenvalue weighted by molar-refractivity contribution is 7.16. The average Bonchev–Trinajstić information content (AvgIpc) is 3.38. The number of hydrogen-bond acceptors (Lipinski definition) is 7. The zero-order valence-corrected chi connectivity index (χ0v) is 17.9. The molecule has 0 aliphatic carbocycles. The number of alkyl halides is 1. The van der Waals surface area contributed by atoms with Crippen LogP contribution in [0, 0.1) is 12.8 Å². The second-order valence-electron chi connectivity index (χ2n) is 8.59. The Morgan fingerprint density at radius 3 is 2.87 bits per heavy atom. The van der Waals surface area contributed by atoms with Crippen LogP contribution in [0.15, 0.2) is 30.5 Å². The van der Waals surface area contributed by atoms with E-state index in [-0.39, 0.29) is 23.8 Å². The van der Waals surface area contributed by atoms with Crippen molar-refractivity contribution < 1.29 is 14.2 Å². The minimum Gasteiger partial charge on any atom is -0.507 e. The van der Waals surface area contributed by atoms with Crippen molar-refractivity contribution in [3.8, 4) is 27.2 Å². The summed E-state index contributed by atoms with van der Waals surface area (Å²) in [6.45, 7) is 5.79. The molecule has 2 aromatic heterocycles. The smallest absolute Gasteiger partial charge is 0.294 e. The molecule has 2 fully saturated rings. The van der Waals surface area contributed by atoms with E-state index in [4.69, 9.17) is 4.74 Å². The number of hydrogen-bond donors (Lipinski definition) is 2. The van der Waals surface area contributed by atoms with Gasteiger partial charge in [0, 0.05) is 37.1 Å². The fourth-order valence-corrected chi connectivity index (χ4v) is 5.50. The van der Waals surface area contributed by atoms with Gasteiger partial charge in [-0.25, -0.2) is 9.07 Å². The number of halogens is 1. The Hall–Kier alpha value is -2.52. The summed E-state index contributed by atoms with van der Waals surface area (Å²) in [5, 5.41) is 27.6. The number of aryl methyl sites for hydroxylation is 1. The Bertz CT molecular complexity index is 1090. The fourth-order valence-electron chi connectivity index (χ4n) is 4.70. The maximum atomic E-state index is 14.6. The number of aromatic nitrogens is 4. The molecule has 0 saturated carbocycles. The van der Waals surface area contributed by atoms with Gasteiger partial charge in [-0.3, -0.25) is 0 Å². The fraction of sp³-hybridized carbons (Fsp3) is 0.476. The standard InChI is InChI=1S/C21H24FN5O2S/c1-11-6-7-27(26-11)13-4-5-15(17(28)8-13)19-24-25-20(30-19)29-14-9-16-12(2)18(22)21(3,10-14)23-16/h4-8,12,14,16,18,23,28H,9-10H2,1-3H3. The topological polar surface area (TPSA) is 85.1 Å². The summed E-state index contributed by atoms with van der Waals surface area (Å²) in [6.07, 6.45) is 2.19. The predicted octanol–water partition coefficient (Wildman–Crippen LogP) is 3.65. The lowest BCUT2D eigenvalue weighted by Crippen LogP contribution is -2.53. The van der Waals surface area contributed by atoms with Gasteiger partial charge >= 0.3 is 0 Å². The first-order valence-electron chi connectivity index (χ1n) is 10.1. The van der Waals surface area contributed by atoms with Gasteiger partial charge in [0.2, 0.25) is 0 Å². The predicted molar refractivity (Wildman–Crippen MR) is 112 cm³/mol. The molecule has 5 rings (SSSR count). The molecule has 0 radical (unpaired) electrons. The maximum absolute atomic E-state index is 14.6. The van der Waals surface area contributed by atoms with E-state index < -0.39 is 11.7 Å². The molecule has 2 aliphatic rings. The molecule has 1 aromatic carbocycles. The van der Waals surface area contributed by atoms with E-state index in [1.165, 1.54) is 11.3 Å². The summed E-state index contributed by atoms with van der Waals surface area (Å²) in [5.41, 5.74) is 1.70. The molecule has 4 heterocycles. The number of phenols is 1. The second-order valence-corrected chi connectivity index (χ2v) is 9.53. The minimum atomic E-state index is -0.880. The van der Waals surface area contributed by atoms with Crippen molar-refractivity contribution in [2.75, 3.05) is 0 Å². The van der Waals surface area contributed by atoms with E-state index in [1.54, 1.807) is 16.8 Å². The molecule has 3 aromatic rings. The first kappa shape index (κ1) is 19.4. The third-order valence-electron chi connectivity index (χ3n) is 6.26. The Morgan fingerprint density at radius 2 is 2.17 bits per heavy atom. The van der Waals surface area contributed by atoms with Crippen LogP contribution in [-0.4, -0.2) is 48.9 Å². The van der Waals surface area contributed by atoms with Gasteiger partial charge in [0.1, 0.15) is 18.0 Å². The molecule has 5 unspecified atom stereocenters. The van der Waals surface area contributed by atoms with Gasteiger partial charge in [-0.1, -0.05) is 23.4 Å². The van der Waals surface area contributed by atoms with E-state index >= 15 is 0 Å². The highest BCUT2D eigenvalue weighted by Gasteiger charge is 2.54. The molecule has 9 heteroatoms. The van der Waals surface area contributed by atoms with Crippen molar-refractivity contribution in [3.63, 3.8) is 0 Å². The summed E-state index contributed by atoms with van der Waals surface area (Å²) in [4.78, 5) is 0. The van der Waals surface area contributed by atoms with Gasteiger partial charge in [0.25, 0.3) is 5.19 Å². The summed E-state index contributed by atoms with van der Waals surface area (Å²) in [6, 6.07) is 7.33. The Morgan fingerprint density at radius 1 is 1.33 bits per heavy atom. The molecular formula is C21H24FN5O2S. The molecule has 0 spiro atoms. The van der Waals surface area contributed by atoms with Crippen LogP contribution in [0.4, 0.5) is 4.39 Å². The SMILES string of the molecule is Cc1ccn(-c2ccc(-c3nnc(OC4CC5NC(C)(C4)C(F)C5C)s3)c(O)c2)n1. The van der Waals surface area contributed by atoms with Crippen LogP contribution < -0.4 is 10.1 Å². The molecule has 5 atom stereocenters. The summed E-state index contributed by atoms with van der Waals surface area (Å²) < 4.78 is 22.4. The van der Waals surface area contributed by atoms with Gasteiger partial charge in [-0.05, 0) is 32.0 Å². The molecule has 0 amide bonds. The number of fused-ring (bicyclic) bond motifs is 2. The number of ether oxygens (including phenoxy) is 1. The van der Waals surface area contributed by atoms with Crippen LogP contribution in [0.3, 0.4) is 0 Å². The van der Waals surface area contributed by atoms with Crippen LogP contribution >= 0.6 is 11.3 Å². The number of nitrogens with zero attached hydrogens (tertiary/aromatic N) is 4. The van der Waals surface area contributed by atoms with Crippen molar-refractivity contribution in [1.82, 2.24) is 25.3 Å². The van der Waals surface area contributed by atoms with Gasteiger partial charge in [-0.15, -0.1) is 5.10 Å². The van der Waals surface area contributed by atoms with E-state index in [9.17, 15) is 9.50 Å². The molecule has 2 bridgehead atoms. The first-order valence-corrected chi connectivity index (χ1v) is 10.9. The lowest BCUT2D eigenvalue weighted by atomic mass is 9.89. The Labute approximate surface area is 177 Å². The zero-order valence-electron chi connectivity index (χ0n) is 17.0. The molecule has 158 valence electrons. The number of rotatable bonds is 4. The van der Waals surface area contributed by atoms with Crippen molar-refractivity contribution >= 4 is 11.3 Å². The number of nitrogens with one attached hydrogen (secondary N) is 1. The second kappa shape index (κ2) is 7.02. The molecule has 2 N–H and O–H groups in total. The maximum Gasteiger partial charge on any atom is 0.294 e. The zero-order chi connectivity index (χ0) is 21.0.